The molecule has 4 rings (SSSR count). The quantitative estimate of drug-likeness (QED) is 0.558. The Bertz CT molecular complexity index is 1260. The Hall–Kier alpha value is -4.06. The fraction of sp³-hybridized carbons (Fsp3) is 0.185. The third kappa shape index (κ3) is 4.20. The molecule has 0 unspecified atom stereocenters. The van der Waals surface area contributed by atoms with Gasteiger partial charge in [0.25, 0.3) is 11.8 Å². The van der Waals surface area contributed by atoms with Crippen molar-refractivity contribution >= 4 is 34.4 Å². The minimum Gasteiger partial charge on any atom is -0.497 e. The van der Waals surface area contributed by atoms with E-state index in [0.29, 0.717) is 28.3 Å². The van der Waals surface area contributed by atoms with Gasteiger partial charge in [0.1, 0.15) is 11.4 Å². The number of rotatable bonds is 6. The maximum Gasteiger partial charge on any atom is 0.282 e. The van der Waals surface area contributed by atoms with E-state index in [1.165, 1.54) is 4.90 Å². The topological polar surface area (TPSA) is 61.9 Å². The molecule has 0 spiro atoms. The molecule has 0 radical (unpaired) electrons. The van der Waals surface area contributed by atoms with Crippen molar-refractivity contribution in [2.24, 2.45) is 0 Å². The van der Waals surface area contributed by atoms with E-state index in [2.05, 4.69) is 5.32 Å². The SMILES string of the molecule is COc1ccc(NC2=C(c3ccc(C)c(C)c3)C(=O)N(c3cccc(N(C)C)c3)C2=O)cc1. The van der Waals surface area contributed by atoms with Crippen molar-refractivity contribution in [3.63, 3.8) is 0 Å². The largest absolute Gasteiger partial charge is 0.497 e. The van der Waals surface area contributed by atoms with E-state index in [1.54, 1.807) is 25.3 Å². The lowest BCUT2D eigenvalue weighted by Crippen LogP contribution is -2.32. The number of nitrogens with zero attached hydrogens (tertiary/aromatic N) is 2. The number of ether oxygens (including phenoxy) is 1. The van der Waals surface area contributed by atoms with E-state index in [0.717, 1.165) is 16.8 Å². The van der Waals surface area contributed by atoms with E-state index in [1.807, 2.05) is 81.4 Å². The Morgan fingerprint density at radius 2 is 1.58 bits per heavy atom. The Labute approximate surface area is 194 Å². The average Bonchev–Trinajstić information content (AvgIpc) is 3.05. The first-order chi connectivity index (χ1) is 15.8. The maximum absolute atomic E-state index is 13.7. The van der Waals surface area contributed by atoms with Crippen LogP contribution in [0.15, 0.2) is 72.4 Å². The molecule has 1 N–H and O–H groups in total. The molecule has 0 fully saturated rings. The van der Waals surface area contributed by atoms with Gasteiger partial charge in [-0.05, 0) is 73.0 Å². The van der Waals surface area contributed by atoms with Gasteiger partial charge in [-0.15, -0.1) is 0 Å². The van der Waals surface area contributed by atoms with Crippen molar-refractivity contribution in [1.82, 2.24) is 0 Å². The number of methoxy groups -OCH3 is 1. The summed E-state index contributed by atoms with van der Waals surface area (Å²) in [5.41, 5.74) is 5.61. The monoisotopic (exact) mass is 441 g/mol. The fourth-order valence-electron chi connectivity index (χ4n) is 3.77. The minimum absolute atomic E-state index is 0.253. The van der Waals surface area contributed by atoms with Crippen LogP contribution in [0, 0.1) is 13.8 Å². The van der Waals surface area contributed by atoms with Gasteiger partial charge in [0.2, 0.25) is 0 Å². The summed E-state index contributed by atoms with van der Waals surface area (Å²) < 4.78 is 5.22. The summed E-state index contributed by atoms with van der Waals surface area (Å²) >= 11 is 0. The Morgan fingerprint density at radius 3 is 2.21 bits per heavy atom. The number of benzene rings is 3. The molecule has 3 aromatic rings. The zero-order valence-corrected chi connectivity index (χ0v) is 19.5. The Kier molecular flexibility index (Phi) is 5.92. The van der Waals surface area contributed by atoms with Gasteiger partial charge in [-0.25, -0.2) is 4.90 Å². The zero-order valence-electron chi connectivity index (χ0n) is 19.5. The van der Waals surface area contributed by atoms with Crippen molar-refractivity contribution in [3.05, 3.63) is 89.1 Å². The highest BCUT2D eigenvalue weighted by Crippen LogP contribution is 2.35. The maximum atomic E-state index is 13.7. The molecule has 3 aromatic carbocycles. The van der Waals surface area contributed by atoms with Crippen LogP contribution in [0.1, 0.15) is 16.7 Å². The number of anilines is 3. The van der Waals surface area contributed by atoms with Crippen molar-refractivity contribution < 1.29 is 14.3 Å². The summed E-state index contributed by atoms with van der Waals surface area (Å²) in [4.78, 5) is 30.4. The van der Waals surface area contributed by atoms with Crippen molar-refractivity contribution in [2.45, 2.75) is 13.8 Å². The zero-order chi connectivity index (χ0) is 23.7. The van der Waals surface area contributed by atoms with Gasteiger partial charge in [-0.1, -0.05) is 24.3 Å². The van der Waals surface area contributed by atoms with Crippen LogP contribution in [-0.2, 0) is 9.59 Å². The van der Waals surface area contributed by atoms with Gasteiger partial charge < -0.3 is 15.0 Å². The molecule has 0 saturated heterocycles. The van der Waals surface area contributed by atoms with E-state index >= 15 is 0 Å². The van der Waals surface area contributed by atoms with Crippen LogP contribution in [-0.4, -0.2) is 33.0 Å². The van der Waals surface area contributed by atoms with E-state index in [9.17, 15) is 9.59 Å². The number of hydrogen-bond donors (Lipinski definition) is 1. The summed E-state index contributed by atoms with van der Waals surface area (Å²) in [5.74, 6) is -0.0324. The molecule has 33 heavy (non-hydrogen) atoms. The highest BCUT2D eigenvalue weighted by Gasteiger charge is 2.40. The summed E-state index contributed by atoms with van der Waals surface area (Å²) in [6.45, 7) is 4.01. The molecule has 0 atom stereocenters. The molecule has 168 valence electrons. The Balaban J connectivity index is 1.81. The molecule has 0 saturated carbocycles. The summed E-state index contributed by atoms with van der Waals surface area (Å²) in [7, 11) is 5.44. The summed E-state index contributed by atoms with van der Waals surface area (Å²) in [6, 6.07) is 20.4. The standard InChI is InChI=1S/C27H27N3O3/c1-17-9-10-19(15-18(17)2)24-25(28-20-11-13-23(33-5)14-12-20)27(32)30(26(24)31)22-8-6-7-21(16-22)29(3)4/h6-16,28H,1-5H3. The van der Waals surface area contributed by atoms with Crippen molar-refractivity contribution in [3.8, 4) is 5.75 Å². The fourth-order valence-corrected chi connectivity index (χ4v) is 3.77. The number of carbonyl (C=O) groups is 2. The molecule has 6 heteroatoms. The number of amides is 2. The van der Waals surface area contributed by atoms with Crippen LogP contribution in [0.2, 0.25) is 0 Å². The second-order valence-corrected chi connectivity index (χ2v) is 8.26. The third-order valence-corrected chi connectivity index (χ3v) is 5.84. The highest BCUT2D eigenvalue weighted by molar-refractivity contribution is 6.46. The molecular weight excluding hydrogens is 414 g/mol. The number of nitrogens with one attached hydrogen (secondary N) is 1. The van der Waals surface area contributed by atoms with Crippen LogP contribution >= 0.6 is 0 Å². The van der Waals surface area contributed by atoms with Gasteiger partial charge in [0, 0.05) is 25.5 Å². The first-order valence-corrected chi connectivity index (χ1v) is 10.7. The number of imide groups is 1. The smallest absolute Gasteiger partial charge is 0.282 e. The van der Waals surface area contributed by atoms with Crippen molar-refractivity contribution in [2.75, 3.05) is 36.3 Å². The summed E-state index contributed by atoms with van der Waals surface area (Å²) in [5, 5.41) is 3.19. The average molecular weight is 442 g/mol. The first kappa shape index (κ1) is 22.1. The Morgan fingerprint density at radius 1 is 0.848 bits per heavy atom. The molecule has 6 nitrogen and oxygen atoms in total. The first-order valence-electron chi connectivity index (χ1n) is 10.7. The number of hydrogen-bond acceptors (Lipinski definition) is 5. The molecule has 0 aromatic heterocycles. The highest BCUT2D eigenvalue weighted by atomic mass is 16.5. The number of aryl methyl sites for hydroxylation is 2. The van der Waals surface area contributed by atoms with Gasteiger partial charge in [0.15, 0.2) is 0 Å². The molecule has 1 aliphatic heterocycles. The predicted octanol–water partition coefficient (Wildman–Crippen LogP) is 4.77. The second-order valence-electron chi connectivity index (χ2n) is 8.26. The molecule has 0 bridgehead atoms. The summed E-state index contributed by atoms with van der Waals surface area (Å²) in [6.07, 6.45) is 0. The minimum atomic E-state index is -0.389. The molecule has 1 aliphatic rings. The van der Waals surface area contributed by atoms with E-state index < -0.39 is 0 Å². The molecule has 2 amide bonds. The van der Waals surface area contributed by atoms with E-state index in [4.69, 9.17) is 4.74 Å². The lowest BCUT2D eigenvalue weighted by molar-refractivity contribution is -0.120. The van der Waals surface area contributed by atoms with Gasteiger partial charge in [-0.2, -0.15) is 0 Å². The van der Waals surface area contributed by atoms with Crippen LogP contribution in [0.3, 0.4) is 0 Å². The van der Waals surface area contributed by atoms with Crippen LogP contribution in [0.4, 0.5) is 17.1 Å². The molecule has 1 heterocycles. The molecular formula is C27H27N3O3. The van der Waals surface area contributed by atoms with Crippen LogP contribution in [0.25, 0.3) is 5.57 Å². The lowest BCUT2D eigenvalue weighted by atomic mass is 9.99. The normalized spacial score (nSPS) is 13.5. The van der Waals surface area contributed by atoms with Crippen molar-refractivity contribution in [1.29, 1.82) is 0 Å². The van der Waals surface area contributed by atoms with Gasteiger partial charge >= 0.3 is 0 Å². The second kappa shape index (κ2) is 8.82. The predicted molar refractivity (Wildman–Crippen MR) is 133 cm³/mol. The molecule has 0 aliphatic carbocycles. The van der Waals surface area contributed by atoms with Gasteiger partial charge in [0.05, 0.1) is 18.4 Å². The third-order valence-electron chi connectivity index (χ3n) is 5.84. The van der Waals surface area contributed by atoms with Gasteiger partial charge in [-0.3, -0.25) is 9.59 Å². The van der Waals surface area contributed by atoms with Crippen LogP contribution in [0.5, 0.6) is 5.75 Å². The lowest BCUT2D eigenvalue weighted by Gasteiger charge is -2.19. The van der Waals surface area contributed by atoms with Crippen LogP contribution < -0.4 is 19.9 Å². The van der Waals surface area contributed by atoms with E-state index in [-0.39, 0.29) is 17.5 Å². The number of carbonyl (C=O) groups excluding carboxylic acids is 2.